The summed E-state index contributed by atoms with van der Waals surface area (Å²) in [6.45, 7) is 0. The minimum Gasteiger partial charge on any atom is -0.345 e. The summed E-state index contributed by atoms with van der Waals surface area (Å²) < 4.78 is 0. The molecule has 2 atom stereocenters. The van der Waals surface area contributed by atoms with Crippen LogP contribution in [0.4, 0.5) is 0 Å². The molecule has 2 aliphatic rings. The molecule has 2 aliphatic heterocycles. The van der Waals surface area contributed by atoms with Crippen LogP contribution in [0.5, 0.6) is 0 Å². The molecule has 0 spiro atoms. The van der Waals surface area contributed by atoms with Gasteiger partial charge in [0.1, 0.15) is 6.04 Å². The molecule has 2 aromatic rings. The fraction of sp³-hybridized carbons (Fsp3) is 0.118. The number of fused-ring (bicyclic) bond motifs is 1. The number of β-lactam (4-membered cyclic amide) rings is 1. The van der Waals surface area contributed by atoms with E-state index in [1.165, 1.54) is 0 Å². The lowest BCUT2D eigenvalue weighted by molar-refractivity contribution is -0.135. The first-order valence-electron chi connectivity index (χ1n) is 7.01. The summed E-state index contributed by atoms with van der Waals surface area (Å²) in [6.07, 6.45) is 0. The topological polar surface area (TPSA) is 66.5 Å². The Morgan fingerprint density at radius 1 is 0.773 bits per heavy atom. The van der Waals surface area contributed by atoms with E-state index < -0.39 is 17.9 Å². The van der Waals surface area contributed by atoms with E-state index in [0.29, 0.717) is 11.1 Å². The van der Waals surface area contributed by atoms with Crippen LogP contribution in [0.1, 0.15) is 32.3 Å². The van der Waals surface area contributed by atoms with Gasteiger partial charge >= 0.3 is 0 Å². The van der Waals surface area contributed by atoms with E-state index in [1.807, 2.05) is 30.3 Å². The zero-order chi connectivity index (χ0) is 15.3. The van der Waals surface area contributed by atoms with Gasteiger partial charge in [-0.2, -0.15) is 0 Å². The third-order valence-corrected chi connectivity index (χ3v) is 4.14. The van der Waals surface area contributed by atoms with Crippen molar-refractivity contribution in [3.05, 3.63) is 71.3 Å². The number of amides is 3. The predicted molar refractivity (Wildman–Crippen MR) is 78.1 cm³/mol. The summed E-state index contributed by atoms with van der Waals surface area (Å²) in [5.41, 5.74) is 1.60. The zero-order valence-corrected chi connectivity index (χ0v) is 11.5. The minimum atomic E-state index is -0.783. The lowest BCUT2D eigenvalue weighted by Crippen LogP contribution is -2.65. The van der Waals surface area contributed by atoms with Crippen LogP contribution in [-0.4, -0.2) is 28.7 Å². The monoisotopic (exact) mass is 292 g/mol. The van der Waals surface area contributed by atoms with E-state index in [0.717, 1.165) is 10.5 Å². The second-order valence-corrected chi connectivity index (χ2v) is 5.37. The Kier molecular flexibility index (Phi) is 2.63. The van der Waals surface area contributed by atoms with Crippen molar-refractivity contribution in [2.75, 3.05) is 0 Å². The number of benzene rings is 2. The van der Waals surface area contributed by atoms with Crippen molar-refractivity contribution in [2.24, 2.45) is 0 Å². The van der Waals surface area contributed by atoms with Gasteiger partial charge < -0.3 is 5.32 Å². The summed E-state index contributed by atoms with van der Waals surface area (Å²) >= 11 is 0. The predicted octanol–water partition coefficient (Wildman–Crippen LogP) is 1.52. The molecule has 0 radical (unpaired) electrons. The largest absolute Gasteiger partial charge is 0.345 e. The van der Waals surface area contributed by atoms with Crippen LogP contribution in [0, 0.1) is 0 Å². The van der Waals surface area contributed by atoms with Crippen LogP contribution in [0.25, 0.3) is 0 Å². The molecule has 4 rings (SSSR count). The van der Waals surface area contributed by atoms with Crippen LogP contribution in [0.3, 0.4) is 0 Å². The molecule has 1 saturated heterocycles. The summed E-state index contributed by atoms with van der Waals surface area (Å²) in [5.74, 6) is -1.11. The van der Waals surface area contributed by atoms with Crippen molar-refractivity contribution >= 4 is 17.7 Å². The molecule has 0 unspecified atom stereocenters. The molecule has 1 N–H and O–H groups in total. The van der Waals surface area contributed by atoms with Gasteiger partial charge in [-0.15, -0.1) is 0 Å². The lowest BCUT2D eigenvalue weighted by Gasteiger charge is -2.41. The van der Waals surface area contributed by atoms with E-state index in [4.69, 9.17) is 0 Å². The highest BCUT2D eigenvalue weighted by Gasteiger charge is 2.52. The highest BCUT2D eigenvalue weighted by Crippen LogP contribution is 2.34. The minimum absolute atomic E-state index is 0.302. The van der Waals surface area contributed by atoms with Crippen molar-refractivity contribution in [1.29, 1.82) is 0 Å². The van der Waals surface area contributed by atoms with Crippen LogP contribution in [0.2, 0.25) is 0 Å². The van der Waals surface area contributed by atoms with E-state index in [-0.39, 0.29) is 11.9 Å². The third-order valence-electron chi connectivity index (χ3n) is 4.14. The lowest BCUT2D eigenvalue weighted by atomic mass is 9.90. The SMILES string of the molecule is O=C1N[C@@H](c2ccccc2)[C@H]1N1C(=O)c2ccccc2C1=O. The summed E-state index contributed by atoms with van der Waals surface area (Å²) in [6, 6.07) is 14.9. The first-order valence-corrected chi connectivity index (χ1v) is 7.01. The quantitative estimate of drug-likeness (QED) is 0.674. The summed E-state index contributed by atoms with van der Waals surface area (Å²) in [5, 5.41) is 2.77. The smallest absolute Gasteiger partial charge is 0.262 e. The molecule has 108 valence electrons. The Balaban J connectivity index is 1.72. The second kappa shape index (κ2) is 4.53. The highest BCUT2D eigenvalue weighted by atomic mass is 16.2. The molecule has 22 heavy (non-hydrogen) atoms. The first-order chi connectivity index (χ1) is 10.7. The van der Waals surface area contributed by atoms with Gasteiger partial charge in [-0.1, -0.05) is 42.5 Å². The number of carbonyl (C=O) groups excluding carboxylic acids is 3. The number of carbonyl (C=O) groups is 3. The Labute approximate surface area is 126 Å². The van der Waals surface area contributed by atoms with E-state index in [9.17, 15) is 14.4 Å². The van der Waals surface area contributed by atoms with Crippen LogP contribution in [0.15, 0.2) is 54.6 Å². The molecule has 2 aromatic carbocycles. The molecule has 0 bridgehead atoms. The van der Waals surface area contributed by atoms with Gasteiger partial charge in [-0.25, -0.2) is 0 Å². The fourth-order valence-corrected chi connectivity index (χ4v) is 3.03. The summed E-state index contributed by atoms with van der Waals surface area (Å²) in [7, 11) is 0. The molecule has 0 aromatic heterocycles. The van der Waals surface area contributed by atoms with Gasteiger partial charge in [-0.3, -0.25) is 19.3 Å². The normalized spacial score (nSPS) is 23.1. The number of hydrogen-bond donors (Lipinski definition) is 1. The van der Waals surface area contributed by atoms with Crippen LogP contribution >= 0.6 is 0 Å². The average Bonchev–Trinajstić information content (AvgIpc) is 2.79. The summed E-state index contributed by atoms with van der Waals surface area (Å²) in [4.78, 5) is 38.0. The van der Waals surface area contributed by atoms with Gasteiger partial charge in [0.05, 0.1) is 17.2 Å². The van der Waals surface area contributed by atoms with E-state index >= 15 is 0 Å². The van der Waals surface area contributed by atoms with Gasteiger partial charge in [0.2, 0.25) is 5.91 Å². The molecule has 3 amide bonds. The number of nitrogens with zero attached hydrogens (tertiary/aromatic N) is 1. The molecule has 5 heteroatoms. The van der Waals surface area contributed by atoms with Crippen LogP contribution < -0.4 is 5.32 Å². The Bertz CT molecular complexity index is 766. The van der Waals surface area contributed by atoms with Gasteiger partial charge in [0, 0.05) is 0 Å². The first kappa shape index (κ1) is 12.8. The van der Waals surface area contributed by atoms with Gasteiger partial charge in [0.25, 0.3) is 11.8 Å². The number of imide groups is 1. The van der Waals surface area contributed by atoms with Crippen LogP contribution in [-0.2, 0) is 4.79 Å². The Hall–Kier alpha value is -2.95. The molecular weight excluding hydrogens is 280 g/mol. The van der Waals surface area contributed by atoms with E-state index in [1.54, 1.807) is 24.3 Å². The van der Waals surface area contributed by atoms with Crippen molar-refractivity contribution in [3.63, 3.8) is 0 Å². The molecule has 1 fully saturated rings. The highest BCUT2D eigenvalue weighted by molar-refractivity contribution is 6.23. The van der Waals surface area contributed by atoms with Gasteiger partial charge in [0.15, 0.2) is 0 Å². The Morgan fingerprint density at radius 2 is 1.32 bits per heavy atom. The third kappa shape index (κ3) is 1.62. The number of nitrogens with one attached hydrogen (secondary N) is 1. The van der Waals surface area contributed by atoms with Gasteiger partial charge in [-0.05, 0) is 17.7 Å². The zero-order valence-electron chi connectivity index (χ0n) is 11.5. The molecule has 5 nitrogen and oxygen atoms in total. The maximum absolute atomic E-state index is 12.5. The van der Waals surface area contributed by atoms with E-state index in [2.05, 4.69) is 5.32 Å². The molecule has 0 saturated carbocycles. The molecule has 2 heterocycles. The standard InChI is InChI=1S/C17H12N2O3/c20-15-14(13(18-15)10-6-2-1-3-7-10)19-16(21)11-8-4-5-9-12(11)17(19)22/h1-9,13-14H,(H,18,20)/t13-,14+/m0/s1. The Morgan fingerprint density at radius 3 is 1.86 bits per heavy atom. The maximum atomic E-state index is 12.5. The number of rotatable bonds is 2. The van der Waals surface area contributed by atoms with Crippen molar-refractivity contribution < 1.29 is 14.4 Å². The fourth-order valence-electron chi connectivity index (χ4n) is 3.03. The van der Waals surface area contributed by atoms with Crippen molar-refractivity contribution in [1.82, 2.24) is 10.2 Å². The molecular formula is C17H12N2O3. The average molecular weight is 292 g/mol. The van der Waals surface area contributed by atoms with Crippen molar-refractivity contribution in [2.45, 2.75) is 12.1 Å². The van der Waals surface area contributed by atoms with Crippen molar-refractivity contribution in [3.8, 4) is 0 Å². The number of hydrogen-bond acceptors (Lipinski definition) is 3. The second-order valence-electron chi connectivity index (χ2n) is 5.37. The molecule has 0 aliphatic carbocycles. The maximum Gasteiger partial charge on any atom is 0.262 e.